The SMILES string of the molecule is CC1CCCN(C(=O)C2(C(=O)O)CC2)CC1. The molecule has 0 aromatic rings. The normalized spacial score (nSPS) is 28.3. The van der Waals surface area contributed by atoms with Crippen molar-refractivity contribution in [3.63, 3.8) is 0 Å². The van der Waals surface area contributed by atoms with Crippen LogP contribution in [0.4, 0.5) is 0 Å². The monoisotopic (exact) mass is 225 g/mol. The van der Waals surface area contributed by atoms with Gasteiger partial charge in [-0.05, 0) is 38.0 Å². The van der Waals surface area contributed by atoms with Crippen LogP contribution >= 0.6 is 0 Å². The lowest BCUT2D eigenvalue weighted by Gasteiger charge is -2.23. The molecular weight excluding hydrogens is 206 g/mol. The first-order chi connectivity index (χ1) is 7.56. The van der Waals surface area contributed by atoms with Crippen molar-refractivity contribution in [3.05, 3.63) is 0 Å². The van der Waals surface area contributed by atoms with Crippen LogP contribution in [0.2, 0.25) is 0 Å². The molecule has 16 heavy (non-hydrogen) atoms. The van der Waals surface area contributed by atoms with Crippen LogP contribution in [-0.4, -0.2) is 35.0 Å². The molecule has 0 radical (unpaired) electrons. The maximum Gasteiger partial charge on any atom is 0.319 e. The molecule has 90 valence electrons. The fourth-order valence-electron chi connectivity index (χ4n) is 2.41. The third-order valence-corrected chi connectivity index (χ3v) is 3.87. The molecule has 0 aromatic heterocycles. The molecule has 2 fully saturated rings. The second-order valence-electron chi connectivity index (χ2n) is 5.22. The summed E-state index contributed by atoms with van der Waals surface area (Å²) in [4.78, 5) is 25.0. The molecule has 1 aliphatic carbocycles. The molecule has 0 spiro atoms. The number of amides is 1. The standard InChI is InChI=1S/C12H19NO3/c1-9-3-2-7-13(8-4-9)10(14)12(5-6-12)11(15)16/h9H,2-8H2,1H3,(H,15,16). The van der Waals surface area contributed by atoms with Crippen LogP contribution in [-0.2, 0) is 9.59 Å². The summed E-state index contributed by atoms with van der Waals surface area (Å²) in [5.41, 5.74) is -1.05. The van der Waals surface area contributed by atoms with Crippen LogP contribution < -0.4 is 0 Å². The number of carboxylic acids is 1. The quantitative estimate of drug-likeness (QED) is 0.724. The van der Waals surface area contributed by atoms with Crippen molar-refractivity contribution in [3.8, 4) is 0 Å². The van der Waals surface area contributed by atoms with E-state index >= 15 is 0 Å². The van der Waals surface area contributed by atoms with Crippen LogP contribution in [0.3, 0.4) is 0 Å². The number of carboxylic acid groups (broad SMARTS) is 1. The van der Waals surface area contributed by atoms with Gasteiger partial charge in [-0.25, -0.2) is 0 Å². The first-order valence-electron chi connectivity index (χ1n) is 6.09. The van der Waals surface area contributed by atoms with E-state index in [-0.39, 0.29) is 5.91 Å². The molecule has 2 aliphatic rings. The van der Waals surface area contributed by atoms with Crippen molar-refractivity contribution in [2.75, 3.05) is 13.1 Å². The summed E-state index contributed by atoms with van der Waals surface area (Å²) < 4.78 is 0. The second kappa shape index (κ2) is 4.07. The average Bonchev–Trinajstić information content (AvgIpc) is 3.01. The fraction of sp³-hybridized carbons (Fsp3) is 0.833. The molecule has 0 bridgehead atoms. The van der Waals surface area contributed by atoms with Crippen LogP contribution in [0.15, 0.2) is 0 Å². The minimum Gasteiger partial charge on any atom is -0.480 e. The van der Waals surface area contributed by atoms with E-state index < -0.39 is 11.4 Å². The number of carbonyl (C=O) groups is 2. The van der Waals surface area contributed by atoms with Crippen LogP contribution in [0.5, 0.6) is 0 Å². The van der Waals surface area contributed by atoms with Crippen LogP contribution in [0.25, 0.3) is 0 Å². The molecule has 1 heterocycles. The lowest BCUT2D eigenvalue weighted by Crippen LogP contribution is -2.41. The zero-order valence-electron chi connectivity index (χ0n) is 9.74. The number of rotatable bonds is 2. The predicted molar refractivity (Wildman–Crippen MR) is 58.9 cm³/mol. The van der Waals surface area contributed by atoms with E-state index in [1.54, 1.807) is 4.90 Å². The summed E-state index contributed by atoms with van der Waals surface area (Å²) >= 11 is 0. The minimum atomic E-state index is -1.05. The molecule has 4 nitrogen and oxygen atoms in total. The Labute approximate surface area is 95.6 Å². The lowest BCUT2D eigenvalue weighted by atomic mass is 10.0. The molecular formula is C12H19NO3. The third-order valence-electron chi connectivity index (χ3n) is 3.87. The van der Waals surface area contributed by atoms with Crippen molar-refractivity contribution in [2.45, 2.75) is 39.0 Å². The number of aliphatic carboxylic acids is 1. The van der Waals surface area contributed by atoms with Crippen molar-refractivity contribution in [1.29, 1.82) is 0 Å². The molecule has 1 amide bonds. The highest BCUT2D eigenvalue weighted by Gasteiger charge is 2.58. The van der Waals surface area contributed by atoms with Gasteiger partial charge in [0.25, 0.3) is 0 Å². The predicted octanol–water partition coefficient (Wildman–Crippen LogP) is 1.50. The van der Waals surface area contributed by atoms with Gasteiger partial charge in [-0.15, -0.1) is 0 Å². The number of hydrogen-bond donors (Lipinski definition) is 1. The van der Waals surface area contributed by atoms with Crippen molar-refractivity contribution in [2.24, 2.45) is 11.3 Å². The van der Waals surface area contributed by atoms with Gasteiger partial charge < -0.3 is 10.0 Å². The Balaban J connectivity index is 2.02. The van der Waals surface area contributed by atoms with Gasteiger partial charge in [0.2, 0.25) is 5.91 Å². The minimum absolute atomic E-state index is 0.144. The van der Waals surface area contributed by atoms with E-state index in [0.717, 1.165) is 32.4 Å². The van der Waals surface area contributed by atoms with E-state index in [9.17, 15) is 9.59 Å². The molecule has 0 aromatic carbocycles. The van der Waals surface area contributed by atoms with Crippen molar-refractivity contribution < 1.29 is 14.7 Å². The fourth-order valence-corrected chi connectivity index (χ4v) is 2.41. The first-order valence-corrected chi connectivity index (χ1v) is 6.09. The van der Waals surface area contributed by atoms with Crippen molar-refractivity contribution in [1.82, 2.24) is 4.90 Å². The molecule has 1 saturated carbocycles. The van der Waals surface area contributed by atoms with E-state index in [1.807, 2.05) is 0 Å². The van der Waals surface area contributed by atoms with Crippen LogP contribution in [0, 0.1) is 11.3 Å². The summed E-state index contributed by atoms with van der Waals surface area (Å²) in [6, 6.07) is 0. The van der Waals surface area contributed by atoms with Gasteiger partial charge >= 0.3 is 5.97 Å². The molecule has 2 rings (SSSR count). The van der Waals surface area contributed by atoms with Gasteiger partial charge in [0, 0.05) is 13.1 Å². The molecule has 1 atom stereocenters. The van der Waals surface area contributed by atoms with Gasteiger partial charge in [-0.1, -0.05) is 6.92 Å². The summed E-state index contributed by atoms with van der Waals surface area (Å²) in [6.45, 7) is 3.66. The maximum absolute atomic E-state index is 12.1. The first kappa shape index (κ1) is 11.4. The Bertz CT molecular complexity index is 309. The molecule has 1 N–H and O–H groups in total. The van der Waals surface area contributed by atoms with Gasteiger partial charge in [0.15, 0.2) is 0 Å². The van der Waals surface area contributed by atoms with Crippen LogP contribution in [0.1, 0.15) is 39.0 Å². The zero-order chi connectivity index (χ0) is 11.8. The van der Waals surface area contributed by atoms with Gasteiger partial charge in [0.05, 0.1) is 0 Å². The molecule has 1 saturated heterocycles. The molecule has 4 heteroatoms. The van der Waals surface area contributed by atoms with Gasteiger partial charge in [0.1, 0.15) is 5.41 Å². The molecule has 1 unspecified atom stereocenters. The van der Waals surface area contributed by atoms with E-state index in [0.29, 0.717) is 18.8 Å². The number of nitrogens with zero attached hydrogens (tertiary/aromatic N) is 1. The average molecular weight is 225 g/mol. The van der Waals surface area contributed by atoms with Crippen molar-refractivity contribution >= 4 is 11.9 Å². The lowest BCUT2D eigenvalue weighted by molar-refractivity contribution is -0.153. The highest BCUT2D eigenvalue weighted by molar-refractivity contribution is 6.04. The van der Waals surface area contributed by atoms with Gasteiger partial charge in [-0.3, -0.25) is 9.59 Å². The topological polar surface area (TPSA) is 57.6 Å². The largest absolute Gasteiger partial charge is 0.480 e. The Morgan fingerprint density at radius 3 is 2.50 bits per heavy atom. The summed E-state index contributed by atoms with van der Waals surface area (Å²) in [5.74, 6) is -0.429. The van der Waals surface area contributed by atoms with E-state index in [1.165, 1.54) is 0 Å². The van der Waals surface area contributed by atoms with Gasteiger partial charge in [-0.2, -0.15) is 0 Å². The highest BCUT2D eigenvalue weighted by atomic mass is 16.4. The summed E-state index contributed by atoms with van der Waals surface area (Å²) in [5, 5.41) is 9.08. The Morgan fingerprint density at radius 1 is 1.25 bits per heavy atom. The third kappa shape index (κ3) is 1.93. The maximum atomic E-state index is 12.1. The van der Waals surface area contributed by atoms with E-state index in [2.05, 4.69) is 6.92 Å². The smallest absolute Gasteiger partial charge is 0.319 e. The number of hydrogen-bond acceptors (Lipinski definition) is 2. The number of likely N-dealkylation sites (tertiary alicyclic amines) is 1. The van der Waals surface area contributed by atoms with E-state index in [4.69, 9.17) is 5.11 Å². The molecule has 1 aliphatic heterocycles. The number of carbonyl (C=O) groups excluding carboxylic acids is 1. The second-order valence-corrected chi connectivity index (χ2v) is 5.22. The Morgan fingerprint density at radius 2 is 1.94 bits per heavy atom. The Kier molecular flexibility index (Phi) is 2.91. The zero-order valence-corrected chi connectivity index (χ0v) is 9.74. The summed E-state index contributed by atoms with van der Waals surface area (Å²) in [7, 11) is 0. The Hall–Kier alpha value is -1.06. The highest BCUT2D eigenvalue weighted by Crippen LogP contribution is 2.47. The summed E-state index contributed by atoms with van der Waals surface area (Å²) in [6.07, 6.45) is 4.19.